The Bertz CT molecular complexity index is 1520. The third-order valence-electron chi connectivity index (χ3n) is 9.19. The fraction of sp³-hybridized carbons (Fsp3) is 0.629. The molecule has 4 heterocycles. The summed E-state index contributed by atoms with van der Waals surface area (Å²) < 4.78 is 16.3. The molecule has 5 rings (SSSR count). The second-order valence-corrected chi connectivity index (χ2v) is 14.5. The zero-order valence-electron chi connectivity index (χ0n) is 30.3. The smallest absolute Gasteiger partial charge is 0.410 e. The van der Waals surface area contributed by atoms with Gasteiger partial charge < -0.3 is 39.8 Å². The minimum absolute atomic E-state index is 0.00723. The van der Waals surface area contributed by atoms with Crippen molar-refractivity contribution in [1.82, 2.24) is 30.0 Å². The first kappa shape index (κ1) is 37.1. The van der Waals surface area contributed by atoms with E-state index in [1.165, 1.54) is 4.90 Å². The van der Waals surface area contributed by atoms with E-state index in [4.69, 9.17) is 19.2 Å². The number of aliphatic hydroxyl groups is 1. The van der Waals surface area contributed by atoms with Gasteiger partial charge in [-0.2, -0.15) is 4.98 Å². The molecule has 0 saturated carbocycles. The lowest BCUT2D eigenvalue weighted by atomic mass is 9.91. The zero-order chi connectivity index (χ0) is 36.2. The van der Waals surface area contributed by atoms with Crippen LogP contribution in [0.3, 0.4) is 0 Å². The predicted octanol–water partition coefficient (Wildman–Crippen LogP) is 2.09. The summed E-state index contributed by atoms with van der Waals surface area (Å²) in [5.74, 6) is 1.08. The van der Waals surface area contributed by atoms with Gasteiger partial charge in [0.25, 0.3) is 5.91 Å². The van der Waals surface area contributed by atoms with E-state index in [2.05, 4.69) is 39.3 Å². The summed E-state index contributed by atoms with van der Waals surface area (Å²) in [6, 6.07) is 6.97. The maximum atomic E-state index is 13.6. The summed E-state index contributed by atoms with van der Waals surface area (Å²) in [6.45, 7) is 15.6. The first-order valence-electron chi connectivity index (χ1n) is 17.3. The molecule has 50 heavy (non-hydrogen) atoms. The average Bonchev–Trinajstić information content (AvgIpc) is 3.05. The van der Waals surface area contributed by atoms with Crippen molar-refractivity contribution in [3.8, 4) is 5.75 Å². The number of rotatable bonds is 11. The molecule has 0 radical (unpaired) electrons. The van der Waals surface area contributed by atoms with Crippen LogP contribution in [0.5, 0.6) is 5.75 Å². The Balaban J connectivity index is 1.31. The molecule has 0 bridgehead atoms. The number of methoxy groups -OCH3 is 1. The molecule has 2 saturated heterocycles. The fourth-order valence-electron chi connectivity index (χ4n) is 6.33. The van der Waals surface area contributed by atoms with Crippen LogP contribution in [0, 0.1) is 0 Å². The van der Waals surface area contributed by atoms with Crippen LogP contribution in [0.2, 0.25) is 0 Å². The molecular formula is C35H52N8O7. The SMILES string of the molecule is COCOc1ccc2c(c1)CN(C(=O)OC(C)(C)C)[C@H]([C@H](O)CNC(=O)c1cc(NC3CN(C(C)=O)C3)nc(N3CCN(C(C)C)CC3)n1)C2. The minimum Gasteiger partial charge on any atom is -0.468 e. The highest BCUT2D eigenvalue weighted by molar-refractivity contribution is 5.93. The maximum absolute atomic E-state index is 13.6. The lowest BCUT2D eigenvalue weighted by molar-refractivity contribution is -0.132. The number of piperazine rings is 1. The van der Waals surface area contributed by atoms with E-state index in [1.54, 1.807) is 45.8 Å². The number of aromatic nitrogens is 2. The average molecular weight is 697 g/mol. The van der Waals surface area contributed by atoms with E-state index in [-0.39, 0.29) is 37.5 Å². The molecule has 0 unspecified atom stereocenters. The Morgan fingerprint density at radius 3 is 2.40 bits per heavy atom. The number of carbonyl (C=O) groups excluding carboxylic acids is 3. The van der Waals surface area contributed by atoms with Crippen molar-refractivity contribution in [2.75, 3.05) is 69.9 Å². The van der Waals surface area contributed by atoms with Crippen molar-refractivity contribution in [2.24, 2.45) is 0 Å². The molecule has 1 aromatic heterocycles. The number of ether oxygens (including phenoxy) is 3. The van der Waals surface area contributed by atoms with Gasteiger partial charge in [-0.3, -0.25) is 19.4 Å². The fourth-order valence-corrected chi connectivity index (χ4v) is 6.33. The maximum Gasteiger partial charge on any atom is 0.410 e. The van der Waals surface area contributed by atoms with E-state index >= 15 is 0 Å². The van der Waals surface area contributed by atoms with Crippen LogP contribution in [0.25, 0.3) is 0 Å². The van der Waals surface area contributed by atoms with Gasteiger partial charge in [-0.1, -0.05) is 6.07 Å². The van der Waals surface area contributed by atoms with Gasteiger partial charge in [0.05, 0.1) is 18.2 Å². The van der Waals surface area contributed by atoms with Crippen LogP contribution in [-0.2, 0) is 27.2 Å². The zero-order valence-corrected chi connectivity index (χ0v) is 30.3. The highest BCUT2D eigenvalue weighted by Gasteiger charge is 2.37. The Morgan fingerprint density at radius 2 is 1.76 bits per heavy atom. The summed E-state index contributed by atoms with van der Waals surface area (Å²) in [5.41, 5.74) is 1.24. The van der Waals surface area contributed by atoms with E-state index in [9.17, 15) is 19.5 Å². The molecule has 0 aliphatic carbocycles. The highest BCUT2D eigenvalue weighted by Crippen LogP contribution is 2.30. The van der Waals surface area contributed by atoms with Crippen LogP contribution < -0.4 is 20.3 Å². The van der Waals surface area contributed by atoms with Crippen molar-refractivity contribution < 1.29 is 33.7 Å². The summed E-state index contributed by atoms with van der Waals surface area (Å²) in [7, 11) is 1.54. The van der Waals surface area contributed by atoms with Crippen LogP contribution in [0.1, 0.15) is 63.2 Å². The molecule has 15 nitrogen and oxygen atoms in total. The number of carbonyl (C=O) groups is 3. The number of hydrogen-bond donors (Lipinski definition) is 3. The topological polar surface area (TPSA) is 162 Å². The first-order chi connectivity index (χ1) is 23.7. The van der Waals surface area contributed by atoms with E-state index < -0.39 is 29.7 Å². The normalized spacial score (nSPS) is 19.1. The van der Waals surface area contributed by atoms with Gasteiger partial charge >= 0.3 is 6.09 Å². The molecule has 2 atom stereocenters. The monoisotopic (exact) mass is 696 g/mol. The van der Waals surface area contributed by atoms with Gasteiger partial charge in [-0.25, -0.2) is 9.78 Å². The number of aliphatic hydroxyl groups excluding tert-OH is 1. The second-order valence-electron chi connectivity index (χ2n) is 14.5. The van der Waals surface area contributed by atoms with Crippen molar-refractivity contribution >= 4 is 29.7 Å². The molecule has 3 aliphatic heterocycles. The Labute approximate surface area is 294 Å². The number of anilines is 2. The molecule has 15 heteroatoms. The van der Waals surface area contributed by atoms with E-state index in [0.717, 1.165) is 24.2 Å². The first-order valence-corrected chi connectivity index (χ1v) is 17.3. The van der Waals surface area contributed by atoms with Crippen LogP contribution >= 0.6 is 0 Å². The summed E-state index contributed by atoms with van der Waals surface area (Å²) in [5, 5.41) is 17.7. The van der Waals surface area contributed by atoms with Crippen LogP contribution in [-0.4, -0.2) is 137 Å². The standard InChI is InChI=1S/C35H52N8O7/c1-22(2)40-10-12-41(13-11-40)33-38-28(16-31(39-33)37-26-19-42(20-26)23(3)44)32(46)36-17-30(45)29-15-24-8-9-27(49-21-48-7)14-25(24)18-43(29)34(47)50-35(4,5)6/h8-9,14,16,22,26,29-30,45H,10-13,15,17-21H2,1-7H3,(H,36,46)(H,37,38,39)/t29-,30+/m0/s1. The minimum atomic E-state index is -1.11. The van der Waals surface area contributed by atoms with E-state index in [1.807, 2.05) is 18.2 Å². The Hall–Kier alpha value is -4.21. The van der Waals surface area contributed by atoms with Gasteiger partial charge in [0.2, 0.25) is 11.9 Å². The van der Waals surface area contributed by atoms with Gasteiger partial charge in [0, 0.05) is 78.5 Å². The number of fused-ring (bicyclic) bond motifs is 1. The lowest BCUT2D eigenvalue weighted by Crippen LogP contribution is -2.56. The molecule has 3 amide bonds. The molecule has 274 valence electrons. The van der Waals surface area contributed by atoms with Gasteiger partial charge in [0.1, 0.15) is 22.9 Å². The van der Waals surface area contributed by atoms with Crippen LogP contribution in [0.15, 0.2) is 24.3 Å². The van der Waals surface area contributed by atoms with Gasteiger partial charge in [-0.15, -0.1) is 0 Å². The van der Waals surface area contributed by atoms with Crippen LogP contribution in [0.4, 0.5) is 16.6 Å². The molecule has 3 N–H and O–H groups in total. The Kier molecular flexibility index (Phi) is 11.7. The lowest BCUT2D eigenvalue weighted by Gasteiger charge is -2.40. The molecule has 0 spiro atoms. The molecule has 2 aromatic rings. The van der Waals surface area contributed by atoms with Crippen molar-refractivity contribution in [3.05, 3.63) is 41.1 Å². The molecular weight excluding hydrogens is 644 g/mol. The van der Waals surface area contributed by atoms with Crippen molar-refractivity contribution in [1.29, 1.82) is 0 Å². The summed E-state index contributed by atoms with van der Waals surface area (Å²) >= 11 is 0. The summed E-state index contributed by atoms with van der Waals surface area (Å²) in [4.78, 5) is 55.9. The highest BCUT2D eigenvalue weighted by atomic mass is 16.7. The molecule has 2 fully saturated rings. The van der Waals surface area contributed by atoms with Gasteiger partial charge in [0.15, 0.2) is 6.79 Å². The van der Waals surface area contributed by atoms with Crippen molar-refractivity contribution in [3.63, 3.8) is 0 Å². The third-order valence-corrected chi connectivity index (χ3v) is 9.19. The predicted molar refractivity (Wildman–Crippen MR) is 187 cm³/mol. The number of hydrogen-bond acceptors (Lipinski definition) is 12. The summed E-state index contributed by atoms with van der Waals surface area (Å²) in [6.07, 6.45) is -1.32. The second kappa shape index (κ2) is 15.8. The Morgan fingerprint density at radius 1 is 1.04 bits per heavy atom. The molecule has 3 aliphatic rings. The molecule has 1 aromatic carbocycles. The van der Waals surface area contributed by atoms with Gasteiger partial charge in [-0.05, 0) is 64.3 Å². The number of benzene rings is 1. The quantitative estimate of drug-likeness (QED) is 0.294. The number of amides is 3. The third kappa shape index (κ3) is 9.31. The van der Waals surface area contributed by atoms with Crippen molar-refractivity contribution in [2.45, 2.75) is 84.3 Å². The number of nitrogens with zero attached hydrogens (tertiary/aromatic N) is 6. The van der Waals surface area contributed by atoms with E-state index in [0.29, 0.717) is 56.2 Å². The largest absolute Gasteiger partial charge is 0.468 e. The number of nitrogens with one attached hydrogen (secondary N) is 2. The number of likely N-dealkylation sites (tertiary alicyclic amines) is 1.